The molecule has 0 spiro atoms. The van der Waals surface area contributed by atoms with E-state index in [1.54, 1.807) is 0 Å². The number of hydrogen-bond donors (Lipinski definition) is 1. The van der Waals surface area contributed by atoms with Gasteiger partial charge in [0.25, 0.3) is 0 Å². The Bertz CT molecular complexity index is 377. The lowest BCUT2D eigenvalue weighted by Crippen LogP contribution is -2.44. The molecule has 1 unspecified atom stereocenters. The third-order valence-electron chi connectivity index (χ3n) is 3.54. The lowest BCUT2D eigenvalue weighted by molar-refractivity contribution is -0.0346. The molecule has 0 aromatic carbocycles. The number of aromatic nitrogens is 2. The van der Waals surface area contributed by atoms with E-state index in [0.717, 1.165) is 45.2 Å². The monoisotopic (exact) mass is 266 g/mol. The van der Waals surface area contributed by atoms with Gasteiger partial charge < -0.3 is 14.6 Å². The van der Waals surface area contributed by atoms with Gasteiger partial charge in [-0.3, -0.25) is 4.90 Å². The molecule has 1 aliphatic heterocycles. The number of nitrogens with zero attached hydrogens (tertiary/aromatic N) is 3. The van der Waals surface area contributed by atoms with Gasteiger partial charge in [-0.2, -0.15) is 0 Å². The molecule has 5 nitrogen and oxygen atoms in total. The zero-order valence-electron chi connectivity index (χ0n) is 12.3. The largest absolute Gasteiger partial charge is 0.374 e. The molecule has 19 heavy (non-hydrogen) atoms. The first-order chi connectivity index (χ1) is 9.19. The van der Waals surface area contributed by atoms with Crippen molar-refractivity contribution >= 4 is 0 Å². The van der Waals surface area contributed by atoms with Crippen molar-refractivity contribution in [3.05, 3.63) is 18.2 Å². The SMILES string of the molecule is CCN1CCOC(Cn2ccnc2CNC(C)C)C1. The second kappa shape index (κ2) is 7.03. The maximum atomic E-state index is 5.85. The average Bonchev–Trinajstić information content (AvgIpc) is 2.84. The third kappa shape index (κ3) is 4.30. The first kappa shape index (κ1) is 14.5. The fourth-order valence-electron chi connectivity index (χ4n) is 2.37. The van der Waals surface area contributed by atoms with E-state index in [2.05, 4.69) is 40.5 Å². The molecule has 0 aliphatic carbocycles. The summed E-state index contributed by atoms with van der Waals surface area (Å²) in [7, 11) is 0. The first-order valence-electron chi connectivity index (χ1n) is 7.26. The lowest BCUT2D eigenvalue weighted by Gasteiger charge is -2.32. The topological polar surface area (TPSA) is 42.3 Å². The number of ether oxygens (including phenoxy) is 1. The highest BCUT2D eigenvalue weighted by Crippen LogP contribution is 2.09. The van der Waals surface area contributed by atoms with Gasteiger partial charge >= 0.3 is 0 Å². The second-order valence-corrected chi connectivity index (χ2v) is 5.42. The predicted octanol–water partition coefficient (Wildman–Crippen LogP) is 1.10. The van der Waals surface area contributed by atoms with Gasteiger partial charge in [-0.15, -0.1) is 0 Å². The van der Waals surface area contributed by atoms with Gasteiger partial charge in [-0.1, -0.05) is 20.8 Å². The molecule has 1 saturated heterocycles. The van der Waals surface area contributed by atoms with Crippen molar-refractivity contribution in [3.8, 4) is 0 Å². The number of rotatable bonds is 6. The molecule has 108 valence electrons. The van der Waals surface area contributed by atoms with Crippen LogP contribution in [0.1, 0.15) is 26.6 Å². The molecule has 2 rings (SSSR count). The smallest absolute Gasteiger partial charge is 0.122 e. The molecule has 1 aromatic heterocycles. The average molecular weight is 266 g/mol. The summed E-state index contributed by atoms with van der Waals surface area (Å²) in [6, 6.07) is 0.478. The minimum Gasteiger partial charge on any atom is -0.374 e. The van der Waals surface area contributed by atoms with Crippen LogP contribution in [0.25, 0.3) is 0 Å². The zero-order valence-corrected chi connectivity index (χ0v) is 12.3. The van der Waals surface area contributed by atoms with E-state index in [9.17, 15) is 0 Å². The lowest BCUT2D eigenvalue weighted by atomic mass is 10.2. The minimum atomic E-state index is 0.278. The van der Waals surface area contributed by atoms with Gasteiger partial charge in [0, 0.05) is 31.5 Å². The van der Waals surface area contributed by atoms with Crippen LogP contribution in [0.5, 0.6) is 0 Å². The summed E-state index contributed by atoms with van der Waals surface area (Å²) in [5.74, 6) is 1.09. The summed E-state index contributed by atoms with van der Waals surface area (Å²) in [5, 5.41) is 3.41. The Morgan fingerprint density at radius 2 is 2.37 bits per heavy atom. The highest BCUT2D eigenvalue weighted by Gasteiger charge is 2.20. The summed E-state index contributed by atoms with van der Waals surface area (Å²) < 4.78 is 8.06. The van der Waals surface area contributed by atoms with Gasteiger partial charge in [-0.05, 0) is 6.54 Å². The van der Waals surface area contributed by atoms with E-state index < -0.39 is 0 Å². The fourth-order valence-corrected chi connectivity index (χ4v) is 2.37. The highest BCUT2D eigenvalue weighted by atomic mass is 16.5. The minimum absolute atomic E-state index is 0.278. The summed E-state index contributed by atoms with van der Waals surface area (Å²) in [4.78, 5) is 6.87. The summed E-state index contributed by atoms with van der Waals surface area (Å²) >= 11 is 0. The molecule has 1 aromatic rings. The van der Waals surface area contributed by atoms with Crippen LogP contribution < -0.4 is 5.32 Å². The van der Waals surface area contributed by atoms with Gasteiger partial charge in [0.2, 0.25) is 0 Å². The van der Waals surface area contributed by atoms with Crippen molar-refractivity contribution in [3.63, 3.8) is 0 Å². The van der Waals surface area contributed by atoms with Crippen LogP contribution in [0.3, 0.4) is 0 Å². The Kier molecular flexibility index (Phi) is 5.36. The number of nitrogens with one attached hydrogen (secondary N) is 1. The molecular weight excluding hydrogens is 240 g/mol. The van der Waals surface area contributed by atoms with E-state index in [1.165, 1.54) is 0 Å². The van der Waals surface area contributed by atoms with Crippen molar-refractivity contribution < 1.29 is 4.74 Å². The van der Waals surface area contributed by atoms with Crippen molar-refractivity contribution in [1.82, 2.24) is 19.8 Å². The summed E-state index contributed by atoms with van der Waals surface area (Å²) in [6.07, 6.45) is 4.20. The fraction of sp³-hybridized carbons (Fsp3) is 0.786. The van der Waals surface area contributed by atoms with Crippen molar-refractivity contribution in [2.24, 2.45) is 0 Å². The molecule has 0 amide bonds. The highest BCUT2D eigenvalue weighted by molar-refractivity contribution is 4.93. The van der Waals surface area contributed by atoms with Gasteiger partial charge in [0.05, 0.1) is 25.8 Å². The van der Waals surface area contributed by atoms with Gasteiger partial charge in [-0.25, -0.2) is 4.98 Å². The Hall–Kier alpha value is -0.910. The van der Waals surface area contributed by atoms with Crippen molar-refractivity contribution in [2.45, 2.75) is 46.0 Å². The van der Waals surface area contributed by atoms with Crippen LogP contribution in [0.4, 0.5) is 0 Å². The molecule has 0 saturated carbocycles. The molecule has 1 atom stereocenters. The first-order valence-corrected chi connectivity index (χ1v) is 7.26. The van der Waals surface area contributed by atoms with Crippen LogP contribution in [0.15, 0.2) is 12.4 Å². The molecule has 1 aliphatic rings. The van der Waals surface area contributed by atoms with Crippen LogP contribution >= 0.6 is 0 Å². The Morgan fingerprint density at radius 1 is 1.53 bits per heavy atom. The van der Waals surface area contributed by atoms with Gasteiger partial charge in [0.1, 0.15) is 5.82 Å². The molecule has 5 heteroatoms. The van der Waals surface area contributed by atoms with Crippen LogP contribution in [0.2, 0.25) is 0 Å². The molecule has 0 bridgehead atoms. The quantitative estimate of drug-likeness (QED) is 0.837. The second-order valence-electron chi connectivity index (χ2n) is 5.42. The molecular formula is C14H26N4O. The van der Waals surface area contributed by atoms with Gasteiger partial charge in [0.15, 0.2) is 0 Å². The normalized spacial score (nSPS) is 21.2. The number of hydrogen-bond acceptors (Lipinski definition) is 4. The molecule has 1 N–H and O–H groups in total. The predicted molar refractivity (Wildman–Crippen MR) is 76.1 cm³/mol. The molecule has 0 radical (unpaired) electrons. The van der Waals surface area contributed by atoms with E-state index in [1.807, 2.05) is 12.4 Å². The number of imidazole rings is 1. The maximum absolute atomic E-state index is 5.85. The standard InChI is InChI=1S/C14H26N4O/c1-4-17-7-8-19-13(10-17)11-18-6-5-15-14(18)9-16-12(2)3/h5-6,12-13,16H,4,7-11H2,1-3H3. The Labute approximate surface area is 116 Å². The molecule has 1 fully saturated rings. The van der Waals surface area contributed by atoms with E-state index >= 15 is 0 Å². The van der Waals surface area contributed by atoms with Crippen molar-refractivity contribution in [2.75, 3.05) is 26.2 Å². The number of likely N-dealkylation sites (N-methyl/N-ethyl adjacent to an activating group) is 1. The van der Waals surface area contributed by atoms with Crippen LogP contribution in [0, 0.1) is 0 Å². The van der Waals surface area contributed by atoms with E-state index in [4.69, 9.17) is 4.74 Å². The third-order valence-corrected chi connectivity index (χ3v) is 3.54. The zero-order chi connectivity index (χ0) is 13.7. The van der Waals surface area contributed by atoms with Crippen molar-refractivity contribution in [1.29, 1.82) is 0 Å². The van der Waals surface area contributed by atoms with E-state index in [-0.39, 0.29) is 6.10 Å². The van der Waals surface area contributed by atoms with Crippen LogP contribution in [-0.4, -0.2) is 52.8 Å². The number of morpholine rings is 1. The Balaban J connectivity index is 1.89. The van der Waals surface area contributed by atoms with E-state index in [0.29, 0.717) is 6.04 Å². The molecule has 2 heterocycles. The van der Waals surface area contributed by atoms with Crippen LogP contribution in [-0.2, 0) is 17.8 Å². The Morgan fingerprint density at radius 3 is 3.11 bits per heavy atom. The summed E-state index contributed by atoms with van der Waals surface area (Å²) in [6.45, 7) is 12.2. The maximum Gasteiger partial charge on any atom is 0.122 e. The summed E-state index contributed by atoms with van der Waals surface area (Å²) in [5.41, 5.74) is 0.